The Hall–Kier alpha value is -4.01. The van der Waals surface area contributed by atoms with Gasteiger partial charge in [0.15, 0.2) is 11.4 Å². The van der Waals surface area contributed by atoms with Gasteiger partial charge in [-0.15, -0.1) is 0 Å². The van der Waals surface area contributed by atoms with E-state index < -0.39 is 12.0 Å². The number of rotatable bonds is 5. The minimum absolute atomic E-state index is 0.175. The van der Waals surface area contributed by atoms with Crippen molar-refractivity contribution in [2.75, 3.05) is 11.4 Å². The molecule has 4 aromatic rings. The van der Waals surface area contributed by atoms with E-state index in [4.69, 9.17) is 4.42 Å². The quantitative estimate of drug-likeness (QED) is 0.481. The van der Waals surface area contributed by atoms with Crippen molar-refractivity contribution in [2.24, 2.45) is 0 Å². The second-order valence-electron chi connectivity index (χ2n) is 8.42. The number of carboxylic acid groups (broad SMARTS) is 1. The first-order chi connectivity index (χ1) is 15.9. The minimum Gasteiger partial charge on any atom is -0.480 e. The van der Waals surface area contributed by atoms with Crippen LogP contribution in [0.1, 0.15) is 23.4 Å². The molecule has 0 spiro atoms. The molecule has 168 valence electrons. The summed E-state index contributed by atoms with van der Waals surface area (Å²) >= 11 is 0. The average molecular weight is 445 g/mol. The maximum Gasteiger partial charge on any atom is 0.326 e. The second kappa shape index (κ2) is 8.16. The largest absolute Gasteiger partial charge is 0.480 e. The van der Waals surface area contributed by atoms with Crippen molar-refractivity contribution in [1.82, 2.24) is 20.3 Å². The maximum absolute atomic E-state index is 12.6. The van der Waals surface area contributed by atoms with E-state index in [1.807, 2.05) is 37.3 Å². The number of nitrogens with zero attached hydrogens (tertiary/aromatic N) is 4. The molecule has 9 heteroatoms. The van der Waals surface area contributed by atoms with Crippen LogP contribution < -0.4 is 10.2 Å². The second-order valence-corrected chi connectivity index (χ2v) is 8.42. The molecule has 9 nitrogen and oxygen atoms in total. The van der Waals surface area contributed by atoms with E-state index in [0.29, 0.717) is 34.9 Å². The standard InChI is InChI=1S/C24H23N5O4/c1-13-7-15(11-25-10-13)8-20(30)28-16-9-18(24(31)32)29(12-16)23-22-21(26-14(2)27-23)17-5-3-4-6-19(17)33-22/h3-7,10-11,16,18H,8-9,12H2,1-2H3,(H,28,30)(H,31,32)/t16-,18-/m0/s1. The number of carbonyl (C=O) groups excluding carboxylic acids is 1. The number of para-hydroxylation sites is 1. The number of aromatic nitrogens is 3. The summed E-state index contributed by atoms with van der Waals surface area (Å²) in [5.74, 6) is -0.199. The molecular weight excluding hydrogens is 422 g/mol. The molecule has 0 saturated carbocycles. The van der Waals surface area contributed by atoms with Gasteiger partial charge in [-0.25, -0.2) is 14.8 Å². The number of carboxylic acids is 1. The zero-order valence-electron chi connectivity index (χ0n) is 18.3. The fourth-order valence-electron chi connectivity index (χ4n) is 4.47. The lowest BCUT2D eigenvalue weighted by Crippen LogP contribution is -2.39. The molecule has 4 heterocycles. The van der Waals surface area contributed by atoms with Gasteiger partial charge in [-0.05, 0) is 37.1 Å². The Morgan fingerprint density at radius 3 is 2.82 bits per heavy atom. The maximum atomic E-state index is 12.6. The highest BCUT2D eigenvalue weighted by atomic mass is 16.4. The van der Waals surface area contributed by atoms with Crippen LogP contribution in [0, 0.1) is 13.8 Å². The normalized spacial score (nSPS) is 18.2. The van der Waals surface area contributed by atoms with Crippen LogP contribution >= 0.6 is 0 Å². The van der Waals surface area contributed by atoms with Gasteiger partial charge in [-0.1, -0.05) is 18.2 Å². The summed E-state index contributed by atoms with van der Waals surface area (Å²) in [4.78, 5) is 39.6. The fraction of sp³-hybridized carbons (Fsp3) is 0.292. The highest BCUT2D eigenvalue weighted by Gasteiger charge is 2.40. The van der Waals surface area contributed by atoms with Crippen molar-refractivity contribution in [1.29, 1.82) is 0 Å². The Balaban J connectivity index is 1.44. The number of aryl methyl sites for hydroxylation is 2. The van der Waals surface area contributed by atoms with Gasteiger partial charge in [0.2, 0.25) is 5.91 Å². The third kappa shape index (κ3) is 3.97. The number of aliphatic carboxylic acids is 1. The molecule has 33 heavy (non-hydrogen) atoms. The van der Waals surface area contributed by atoms with Gasteiger partial charge in [0, 0.05) is 36.8 Å². The molecule has 0 unspecified atom stereocenters. The molecule has 1 amide bonds. The van der Waals surface area contributed by atoms with Gasteiger partial charge in [0.1, 0.15) is 23.0 Å². The van der Waals surface area contributed by atoms with Crippen LogP contribution in [0.2, 0.25) is 0 Å². The third-order valence-corrected chi connectivity index (χ3v) is 5.83. The van der Waals surface area contributed by atoms with Gasteiger partial charge < -0.3 is 19.7 Å². The summed E-state index contributed by atoms with van der Waals surface area (Å²) in [6.07, 6.45) is 3.84. The van der Waals surface area contributed by atoms with E-state index in [1.165, 1.54) is 0 Å². The van der Waals surface area contributed by atoms with Gasteiger partial charge in [-0.2, -0.15) is 0 Å². The van der Waals surface area contributed by atoms with E-state index in [0.717, 1.165) is 16.5 Å². The number of carbonyl (C=O) groups is 2. The lowest BCUT2D eigenvalue weighted by molar-refractivity contribution is -0.138. The molecule has 2 N–H and O–H groups in total. The van der Waals surface area contributed by atoms with Crippen molar-refractivity contribution in [3.8, 4) is 0 Å². The summed E-state index contributed by atoms with van der Waals surface area (Å²) in [5.41, 5.74) is 3.55. The molecule has 1 fully saturated rings. The number of anilines is 1. The first-order valence-corrected chi connectivity index (χ1v) is 10.7. The van der Waals surface area contributed by atoms with Gasteiger partial charge in [0.05, 0.1) is 6.42 Å². The molecule has 1 aliphatic rings. The monoisotopic (exact) mass is 445 g/mol. The predicted molar refractivity (Wildman–Crippen MR) is 122 cm³/mol. The Kier molecular flexibility index (Phi) is 5.16. The SMILES string of the molecule is Cc1cncc(CC(=O)N[C@H]2C[C@@H](C(=O)O)N(c3nc(C)nc4c3oc3ccccc34)C2)c1. The van der Waals surface area contributed by atoms with Crippen LogP contribution in [0.3, 0.4) is 0 Å². The number of fused-ring (bicyclic) bond motifs is 3. The molecule has 1 saturated heterocycles. The summed E-state index contributed by atoms with van der Waals surface area (Å²) in [6.45, 7) is 3.99. The first-order valence-electron chi connectivity index (χ1n) is 10.7. The fourth-order valence-corrected chi connectivity index (χ4v) is 4.47. The number of amides is 1. The number of pyridine rings is 1. The number of furan rings is 1. The van der Waals surface area contributed by atoms with Crippen molar-refractivity contribution >= 4 is 39.8 Å². The van der Waals surface area contributed by atoms with Crippen LogP contribution in [0.4, 0.5) is 5.82 Å². The minimum atomic E-state index is -0.977. The Labute approximate surface area is 189 Å². The highest BCUT2D eigenvalue weighted by molar-refractivity contribution is 6.06. The van der Waals surface area contributed by atoms with E-state index in [9.17, 15) is 14.7 Å². The highest BCUT2D eigenvalue weighted by Crippen LogP contribution is 2.35. The lowest BCUT2D eigenvalue weighted by atomic mass is 10.1. The molecule has 5 rings (SSSR count). The zero-order valence-corrected chi connectivity index (χ0v) is 18.3. The third-order valence-electron chi connectivity index (χ3n) is 5.83. The Bertz CT molecular complexity index is 1380. The van der Waals surface area contributed by atoms with Gasteiger partial charge >= 0.3 is 5.97 Å². The van der Waals surface area contributed by atoms with Crippen LogP contribution in [-0.2, 0) is 16.0 Å². The van der Waals surface area contributed by atoms with Crippen molar-refractivity contribution < 1.29 is 19.1 Å². The molecule has 3 aromatic heterocycles. The summed E-state index contributed by atoms with van der Waals surface area (Å²) in [6, 6.07) is 8.26. The number of hydrogen-bond acceptors (Lipinski definition) is 7. The molecule has 0 bridgehead atoms. The number of benzene rings is 1. The zero-order chi connectivity index (χ0) is 23.1. The van der Waals surface area contributed by atoms with E-state index >= 15 is 0 Å². The molecule has 1 aliphatic heterocycles. The topological polar surface area (TPSA) is 121 Å². The van der Waals surface area contributed by atoms with Crippen molar-refractivity contribution in [3.05, 3.63) is 59.7 Å². The van der Waals surface area contributed by atoms with Crippen molar-refractivity contribution in [2.45, 2.75) is 38.8 Å². The van der Waals surface area contributed by atoms with E-state index in [2.05, 4.69) is 20.3 Å². The van der Waals surface area contributed by atoms with Gasteiger partial charge in [-0.3, -0.25) is 9.78 Å². The molecule has 1 aromatic carbocycles. The Morgan fingerprint density at radius 2 is 2.03 bits per heavy atom. The average Bonchev–Trinajstić information content (AvgIpc) is 3.35. The van der Waals surface area contributed by atoms with Gasteiger partial charge in [0.25, 0.3) is 0 Å². The molecule has 0 radical (unpaired) electrons. The molecule has 2 atom stereocenters. The van der Waals surface area contributed by atoms with Crippen molar-refractivity contribution in [3.63, 3.8) is 0 Å². The first kappa shape index (κ1) is 20.9. The van der Waals surface area contributed by atoms with E-state index in [1.54, 1.807) is 24.2 Å². The number of hydrogen-bond donors (Lipinski definition) is 2. The summed E-state index contributed by atoms with van der Waals surface area (Å²) < 4.78 is 6.03. The lowest BCUT2D eigenvalue weighted by Gasteiger charge is -2.22. The summed E-state index contributed by atoms with van der Waals surface area (Å²) in [7, 11) is 0. The number of nitrogens with one attached hydrogen (secondary N) is 1. The van der Waals surface area contributed by atoms with E-state index in [-0.39, 0.29) is 24.8 Å². The predicted octanol–water partition coefficient (Wildman–Crippen LogP) is 2.78. The van der Waals surface area contributed by atoms with Crippen LogP contribution in [0.15, 0.2) is 47.1 Å². The smallest absolute Gasteiger partial charge is 0.326 e. The van der Waals surface area contributed by atoms with Crippen LogP contribution in [0.25, 0.3) is 22.1 Å². The van der Waals surface area contributed by atoms with Crippen LogP contribution in [0.5, 0.6) is 0 Å². The summed E-state index contributed by atoms with van der Waals surface area (Å²) in [5, 5.41) is 13.7. The molecular formula is C24H23N5O4. The molecule has 0 aliphatic carbocycles. The van der Waals surface area contributed by atoms with Crippen LogP contribution in [-0.4, -0.2) is 50.6 Å². The Morgan fingerprint density at radius 1 is 1.21 bits per heavy atom.